The summed E-state index contributed by atoms with van der Waals surface area (Å²) in [5, 5.41) is 14.3. The first-order valence-electron chi connectivity index (χ1n) is 7.62. The Hall–Kier alpha value is -3.20. The smallest absolute Gasteiger partial charge is 0.270 e. The Balaban J connectivity index is 2.10. The van der Waals surface area contributed by atoms with Crippen molar-refractivity contribution >= 4 is 17.5 Å². The Morgan fingerprint density at radius 1 is 1.21 bits per heavy atom. The molecule has 1 heterocycles. The Kier molecular flexibility index (Phi) is 5.63. The standard InChI is InChI=1S/C18H18N4O2/c1-3-12(2)21-18(24)16-10-14(8-9-20-16)17(23)22-15-6-4-13(11-19)5-7-15/h4-10,12H,3H2,1-2H3,(H,21,24)(H,22,23). The van der Waals surface area contributed by atoms with E-state index in [1.807, 2.05) is 19.9 Å². The minimum Gasteiger partial charge on any atom is -0.348 e. The summed E-state index contributed by atoms with van der Waals surface area (Å²) < 4.78 is 0. The van der Waals surface area contributed by atoms with Gasteiger partial charge in [0.1, 0.15) is 5.69 Å². The van der Waals surface area contributed by atoms with E-state index in [1.165, 1.54) is 12.3 Å². The van der Waals surface area contributed by atoms with Gasteiger partial charge in [-0.15, -0.1) is 0 Å². The quantitative estimate of drug-likeness (QED) is 0.885. The van der Waals surface area contributed by atoms with Gasteiger partial charge in [0.05, 0.1) is 11.6 Å². The van der Waals surface area contributed by atoms with Crippen molar-refractivity contribution in [3.63, 3.8) is 0 Å². The molecule has 0 saturated heterocycles. The van der Waals surface area contributed by atoms with E-state index >= 15 is 0 Å². The van der Waals surface area contributed by atoms with Crippen LogP contribution in [0.5, 0.6) is 0 Å². The number of hydrogen-bond acceptors (Lipinski definition) is 4. The van der Waals surface area contributed by atoms with Crippen LogP contribution in [0.1, 0.15) is 46.7 Å². The number of hydrogen-bond donors (Lipinski definition) is 2. The molecule has 1 atom stereocenters. The number of pyridine rings is 1. The molecule has 24 heavy (non-hydrogen) atoms. The van der Waals surface area contributed by atoms with E-state index < -0.39 is 0 Å². The molecule has 1 aromatic carbocycles. The topological polar surface area (TPSA) is 94.9 Å². The van der Waals surface area contributed by atoms with Crippen molar-refractivity contribution in [2.75, 3.05) is 5.32 Å². The lowest BCUT2D eigenvalue weighted by Crippen LogP contribution is -2.32. The zero-order valence-corrected chi connectivity index (χ0v) is 13.5. The number of carbonyl (C=O) groups is 2. The van der Waals surface area contributed by atoms with Gasteiger partial charge < -0.3 is 10.6 Å². The maximum Gasteiger partial charge on any atom is 0.270 e. The summed E-state index contributed by atoms with van der Waals surface area (Å²) in [6.07, 6.45) is 2.24. The second-order valence-corrected chi connectivity index (χ2v) is 5.36. The molecule has 0 fully saturated rings. The summed E-state index contributed by atoms with van der Waals surface area (Å²) in [6.45, 7) is 3.87. The lowest BCUT2D eigenvalue weighted by atomic mass is 10.1. The number of amides is 2. The van der Waals surface area contributed by atoms with Gasteiger partial charge in [-0.1, -0.05) is 6.92 Å². The molecule has 2 rings (SSSR count). The van der Waals surface area contributed by atoms with E-state index in [-0.39, 0.29) is 23.6 Å². The number of nitrogens with zero attached hydrogens (tertiary/aromatic N) is 2. The second kappa shape index (κ2) is 7.88. The monoisotopic (exact) mass is 322 g/mol. The Labute approximate surface area is 140 Å². The van der Waals surface area contributed by atoms with Gasteiger partial charge in [0, 0.05) is 23.5 Å². The fourth-order valence-electron chi connectivity index (χ4n) is 1.93. The Morgan fingerprint density at radius 2 is 1.92 bits per heavy atom. The van der Waals surface area contributed by atoms with E-state index in [4.69, 9.17) is 5.26 Å². The second-order valence-electron chi connectivity index (χ2n) is 5.36. The van der Waals surface area contributed by atoms with E-state index in [2.05, 4.69) is 15.6 Å². The van der Waals surface area contributed by atoms with Crippen LogP contribution in [-0.4, -0.2) is 22.8 Å². The minimum absolute atomic E-state index is 0.0374. The lowest BCUT2D eigenvalue weighted by molar-refractivity contribution is 0.0934. The van der Waals surface area contributed by atoms with Gasteiger partial charge >= 0.3 is 0 Å². The van der Waals surface area contributed by atoms with Crippen LogP contribution in [0.2, 0.25) is 0 Å². The molecular formula is C18H18N4O2. The summed E-state index contributed by atoms with van der Waals surface area (Å²) in [7, 11) is 0. The molecule has 0 aliphatic carbocycles. The van der Waals surface area contributed by atoms with Crippen LogP contribution < -0.4 is 10.6 Å². The van der Waals surface area contributed by atoms with Crippen LogP contribution in [0.3, 0.4) is 0 Å². The van der Waals surface area contributed by atoms with Crippen LogP contribution in [-0.2, 0) is 0 Å². The number of nitriles is 1. The van der Waals surface area contributed by atoms with Crippen LogP contribution in [0.25, 0.3) is 0 Å². The predicted octanol–water partition coefficient (Wildman–Crippen LogP) is 2.73. The van der Waals surface area contributed by atoms with Crippen molar-refractivity contribution in [1.82, 2.24) is 10.3 Å². The summed E-state index contributed by atoms with van der Waals surface area (Å²) in [4.78, 5) is 28.4. The van der Waals surface area contributed by atoms with E-state index in [9.17, 15) is 9.59 Å². The van der Waals surface area contributed by atoms with Crippen molar-refractivity contribution in [3.05, 3.63) is 59.4 Å². The molecule has 2 amide bonds. The van der Waals surface area contributed by atoms with Gasteiger partial charge in [-0.3, -0.25) is 14.6 Å². The number of carbonyl (C=O) groups excluding carboxylic acids is 2. The molecule has 6 heteroatoms. The first-order chi connectivity index (χ1) is 11.5. The molecule has 122 valence electrons. The molecule has 0 saturated carbocycles. The van der Waals surface area contributed by atoms with Crippen LogP contribution in [0.15, 0.2) is 42.6 Å². The average molecular weight is 322 g/mol. The van der Waals surface area contributed by atoms with Crippen molar-refractivity contribution in [2.45, 2.75) is 26.3 Å². The molecule has 1 aromatic heterocycles. The fraction of sp³-hybridized carbons (Fsp3) is 0.222. The zero-order chi connectivity index (χ0) is 17.5. The molecule has 6 nitrogen and oxygen atoms in total. The zero-order valence-electron chi connectivity index (χ0n) is 13.5. The number of nitrogens with one attached hydrogen (secondary N) is 2. The maximum atomic E-state index is 12.3. The largest absolute Gasteiger partial charge is 0.348 e. The summed E-state index contributed by atoms with van der Waals surface area (Å²) in [5.74, 6) is -0.655. The average Bonchev–Trinajstić information content (AvgIpc) is 2.62. The third-order valence-corrected chi connectivity index (χ3v) is 3.52. The number of aromatic nitrogens is 1. The molecule has 2 aromatic rings. The van der Waals surface area contributed by atoms with Gasteiger partial charge in [-0.05, 0) is 49.7 Å². The molecule has 0 aliphatic heterocycles. The first-order valence-corrected chi connectivity index (χ1v) is 7.62. The normalized spacial score (nSPS) is 11.2. The molecule has 0 aliphatic rings. The van der Waals surface area contributed by atoms with E-state index in [1.54, 1.807) is 30.3 Å². The highest BCUT2D eigenvalue weighted by Crippen LogP contribution is 2.11. The van der Waals surface area contributed by atoms with Crippen molar-refractivity contribution in [1.29, 1.82) is 5.26 Å². The van der Waals surface area contributed by atoms with Gasteiger partial charge in [-0.2, -0.15) is 5.26 Å². The number of benzene rings is 1. The molecule has 0 radical (unpaired) electrons. The fourth-order valence-corrected chi connectivity index (χ4v) is 1.93. The highest BCUT2D eigenvalue weighted by Gasteiger charge is 2.13. The molecule has 2 N–H and O–H groups in total. The van der Waals surface area contributed by atoms with Crippen LogP contribution in [0.4, 0.5) is 5.69 Å². The molecule has 0 spiro atoms. The highest BCUT2D eigenvalue weighted by atomic mass is 16.2. The van der Waals surface area contributed by atoms with Crippen molar-refractivity contribution in [3.8, 4) is 6.07 Å². The SMILES string of the molecule is CCC(C)NC(=O)c1cc(C(=O)Nc2ccc(C#N)cc2)ccn1. The predicted molar refractivity (Wildman–Crippen MR) is 90.6 cm³/mol. The van der Waals surface area contributed by atoms with E-state index in [0.29, 0.717) is 16.8 Å². The third kappa shape index (κ3) is 4.40. The minimum atomic E-state index is -0.348. The third-order valence-electron chi connectivity index (χ3n) is 3.52. The lowest BCUT2D eigenvalue weighted by Gasteiger charge is -2.11. The summed E-state index contributed by atoms with van der Waals surface area (Å²) >= 11 is 0. The maximum absolute atomic E-state index is 12.3. The van der Waals surface area contributed by atoms with Crippen molar-refractivity contribution in [2.24, 2.45) is 0 Å². The van der Waals surface area contributed by atoms with E-state index in [0.717, 1.165) is 6.42 Å². The summed E-state index contributed by atoms with van der Waals surface area (Å²) in [6, 6.07) is 11.6. The van der Waals surface area contributed by atoms with Gasteiger partial charge in [0.15, 0.2) is 0 Å². The molecule has 0 bridgehead atoms. The van der Waals surface area contributed by atoms with Gasteiger partial charge in [0.25, 0.3) is 11.8 Å². The molecular weight excluding hydrogens is 304 g/mol. The Morgan fingerprint density at radius 3 is 2.54 bits per heavy atom. The Bertz CT molecular complexity index is 778. The number of rotatable bonds is 5. The van der Waals surface area contributed by atoms with Crippen LogP contribution >= 0.6 is 0 Å². The molecule has 1 unspecified atom stereocenters. The highest BCUT2D eigenvalue weighted by molar-refractivity contribution is 6.05. The first kappa shape index (κ1) is 17.2. The summed E-state index contributed by atoms with van der Waals surface area (Å²) in [5.41, 5.74) is 1.62. The van der Waals surface area contributed by atoms with Gasteiger partial charge in [-0.25, -0.2) is 0 Å². The van der Waals surface area contributed by atoms with Crippen molar-refractivity contribution < 1.29 is 9.59 Å². The van der Waals surface area contributed by atoms with Crippen LogP contribution in [0, 0.1) is 11.3 Å². The van der Waals surface area contributed by atoms with Gasteiger partial charge in [0.2, 0.25) is 0 Å². The number of anilines is 1.